The van der Waals surface area contributed by atoms with Crippen molar-refractivity contribution >= 4 is 28.5 Å². The Kier molecular flexibility index (Phi) is 7.43. The molecule has 0 fully saturated rings. The second-order valence-corrected chi connectivity index (χ2v) is 10.6. The average molecular weight is 584 g/mol. The van der Waals surface area contributed by atoms with Gasteiger partial charge in [-0.3, -0.25) is 9.59 Å². The van der Waals surface area contributed by atoms with E-state index in [1.807, 2.05) is 43.3 Å². The van der Waals surface area contributed by atoms with Crippen LogP contribution in [0, 0.1) is 12.7 Å². The summed E-state index contributed by atoms with van der Waals surface area (Å²) >= 11 is 6.37. The second kappa shape index (κ2) is 11.3. The van der Waals surface area contributed by atoms with Gasteiger partial charge in [-0.1, -0.05) is 60.1 Å². The van der Waals surface area contributed by atoms with Gasteiger partial charge in [-0.15, -0.1) is 0 Å². The lowest BCUT2D eigenvalue weighted by Gasteiger charge is -2.26. The summed E-state index contributed by atoms with van der Waals surface area (Å²) in [5.41, 5.74) is 3.24. The molecule has 0 spiro atoms. The number of rotatable bonds is 8. The molecule has 1 unspecified atom stereocenters. The number of amides is 1. The number of fused-ring (bicyclic) bond motifs is 2. The maximum atomic E-state index is 14.0. The molecule has 0 saturated carbocycles. The number of carbonyl (C=O) groups excluding carboxylic acids is 1. The van der Waals surface area contributed by atoms with Gasteiger partial charge in [0.1, 0.15) is 18.0 Å². The maximum absolute atomic E-state index is 14.0. The van der Waals surface area contributed by atoms with E-state index in [2.05, 4.69) is 0 Å². The molecule has 1 amide bonds. The van der Waals surface area contributed by atoms with Gasteiger partial charge in [0.05, 0.1) is 23.6 Å². The number of hydrogen-bond acceptors (Lipinski definition) is 5. The number of benzene rings is 4. The smallest absolute Gasteiger partial charge is 0.291 e. The Balaban J connectivity index is 1.47. The van der Waals surface area contributed by atoms with Crippen molar-refractivity contribution in [3.8, 4) is 11.5 Å². The molecule has 4 aromatic carbocycles. The van der Waals surface area contributed by atoms with Crippen molar-refractivity contribution in [2.24, 2.45) is 0 Å². The van der Waals surface area contributed by atoms with E-state index < -0.39 is 11.9 Å². The summed E-state index contributed by atoms with van der Waals surface area (Å²) in [6.07, 6.45) is 0. The van der Waals surface area contributed by atoms with Gasteiger partial charge in [-0.05, 0) is 72.5 Å². The molecular formula is C34H27ClFNO5. The van der Waals surface area contributed by atoms with Crippen molar-refractivity contribution in [1.82, 2.24) is 4.90 Å². The molecule has 0 aliphatic carbocycles. The zero-order valence-corrected chi connectivity index (χ0v) is 23.8. The van der Waals surface area contributed by atoms with Gasteiger partial charge >= 0.3 is 0 Å². The van der Waals surface area contributed by atoms with Crippen molar-refractivity contribution in [1.29, 1.82) is 0 Å². The van der Waals surface area contributed by atoms with Crippen LogP contribution >= 0.6 is 11.6 Å². The molecule has 6 nitrogen and oxygen atoms in total. The Bertz CT molecular complexity index is 1850. The topological polar surface area (TPSA) is 69.0 Å². The van der Waals surface area contributed by atoms with Crippen LogP contribution in [0.15, 0.2) is 94.1 Å². The highest BCUT2D eigenvalue weighted by molar-refractivity contribution is 6.32. The van der Waals surface area contributed by atoms with E-state index in [0.717, 1.165) is 11.1 Å². The summed E-state index contributed by atoms with van der Waals surface area (Å²) < 4.78 is 31.8. The Morgan fingerprint density at radius 2 is 1.67 bits per heavy atom. The summed E-state index contributed by atoms with van der Waals surface area (Å²) in [5, 5.41) is 0.718. The van der Waals surface area contributed by atoms with Crippen LogP contribution in [0.4, 0.5) is 4.39 Å². The number of ether oxygens (including phenoxy) is 2. The zero-order valence-electron chi connectivity index (χ0n) is 23.0. The Labute approximate surface area is 246 Å². The molecule has 212 valence electrons. The van der Waals surface area contributed by atoms with Crippen LogP contribution in [0.1, 0.15) is 51.3 Å². The van der Waals surface area contributed by atoms with Gasteiger partial charge < -0.3 is 18.8 Å². The van der Waals surface area contributed by atoms with Crippen LogP contribution in [-0.4, -0.2) is 17.4 Å². The van der Waals surface area contributed by atoms with Gasteiger partial charge in [0.15, 0.2) is 16.9 Å². The van der Waals surface area contributed by atoms with E-state index in [4.69, 9.17) is 25.5 Å². The Hall–Kier alpha value is -4.62. The van der Waals surface area contributed by atoms with Crippen molar-refractivity contribution < 1.29 is 23.1 Å². The molecule has 0 radical (unpaired) electrons. The molecule has 2 heterocycles. The van der Waals surface area contributed by atoms with Crippen molar-refractivity contribution in [2.45, 2.75) is 33.0 Å². The summed E-state index contributed by atoms with van der Waals surface area (Å²) in [6.45, 7) is 4.53. The molecule has 1 aromatic heterocycles. The Morgan fingerprint density at radius 1 is 0.905 bits per heavy atom. The van der Waals surface area contributed by atoms with Crippen molar-refractivity contribution in [2.75, 3.05) is 6.61 Å². The second-order valence-electron chi connectivity index (χ2n) is 10.1. The summed E-state index contributed by atoms with van der Waals surface area (Å²) in [5.74, 6) is 0.176. The SMILES string of the molecule is CCOc1cc(C2c3c(oc4cc(C)c(Cl)cc4c3=O)C(=O)N2Cc2ccc(F)cc2)ccc1OCc1ccccc1. The molecule has 8 heteroatoms. The van der Waals surface area contributed by atoms with Crippen LogP contribution in [0.2, 0.25) is 5.02 Å². The van der Waals surface area contributed by atoms with Gasteiger partial charge in [0.25, 0.3) is 5.91 Å². The molecule has 0 bridgehead atoms. The normalized spacial score (nSPS) is 14.3. The molecule has 0 saturated heterocycles. The number of carbonyl (C=O) groups is 1. The first-order chi connectivity index (χ1) is 20.3. The molecule has 0 N–H and O–H groups in total. The van der Waals surface area contributed by atoms with E-state index in [-0.39, 0.29) is 34.7 Å². The van der Waals surface area contributed by atoms with E-state index in [0.29, 0.717) is 46.2 Å². The molecule has 5 aromatic rings. The van der Waals surface area contributed by atoms with Crippen LogP contribution in [0.3, 0.4) is 0 Å². The molecule has 42 heavy (non-hydrogen) atoms. The van der Waals surface area contributed by atoms with Gasteiger partial charge in [-0.2, -0.15) is 0 Å². The molecule has 1 aliphatic heterocycles. The standard InChI is InChI=1S/C34H27ClFNO5/c1-3-40-29-16-23(11-14-27(29)41-19-22-7-5-4-6-8-22)31-30-32(38)25-17-26(35)20(2)15-28(25)42-33(30)34(39)37(31)18-21-9-12-24(36)13-10-21/h4-17,31H,3,18-19H2,1-2H3. The molecule has 1 aliphatic rings. The van der Waals surface area contributed by atoms with Crippen LogP contribution in [-0.2, 0) is 13.2 Å². The van der Waals surface area contributed by atoms with Crippen molar-refractivity contribution in [3.63, 3.8) is 0 Å². The minimum atomic E-state index is -0.791. The fourth-order valence-corrected chi connectivity index (χ4v) is 5.42. The lowest BCUT2D eigenvalue weighted by molar-refractivity contribution is 0.0714. The quantitative estimate of drug-likeness (QED) is 0.188. The zero-order chi connectivity index (χ0) is 29.4. The minimum absolute atomic E-state index is 0.0244. The average Bonchev–Trinajstić information content (AvgIpc) is 3.26. The van der Waals surface area contributed by atoms with E-state index in [9.17, 15) is 14.0 Å². The van der Waals surface area contributed by atoms with Gasteiger partial charge in [0.2, 0.25) is 5.76 Å². The lowest BCUT2D eigenvalue weighted by atomic mass is 9.97. The predicted octanol–water partition coefficient (Wildman–Crippen LogP) is 7.62. The third-order valence-electron chi connectivity index (χ3n) is 7.33. The first-order valence-corrected chi connectivity index (χ1v) is 14.0. The highest BCUT2D eigenvalue weighted by Crippen LogP contribution is 2.42. The van der Waals surface area contributed by atoms with Crippen LogP contribution in [0.25, 0.3) is 11.0 Å². The maximum Gasteiger partial charge on any atom is 0.291 e. The third kappa shape index (κ3) is 5.12. The van der Waals surface area contributed by atoms with Gasteiger partial charge in [-0.25, -0.2) is 4.39 Å². The summed E-state index contributed by atoms with van der Waals surface area (Å²) in [7, 11) is 0. The van der Waals surface area contributed by atoms with E-state index in [1.165, 1.54) is 12.1 Å². The molecule has 6 rings (SSSR count). The monoisotopic (exact) mass is 583 g/mol. The number of halogens is 2. The van der Waals surface area contributed by atoms with Crippen LogP contribution in [0.5, 0.6) is 11.5 Å². The van der Waals surface area contributed by atoms with Gasteiger partial charge in [0, 0.05) is 11.6 Å². The van der Waals surface area contributed by atoms with E-state index >= 15 is 0 Å². The molecule has 1 atom stereocenters. The highest BCUT2D eigenvalue weighted by Gasteiger charge is 2.43. The summed E-state index contributed by atoms with van der Waals surface area (Å²) in [4.78, 5) is 29.4. The lowest BCUT2D eigenvalue weighted by Crippen LogP contribution is -2.29. The first-order valence-electron chi connectivity index (χ1n) is 13.6. The fourth-order valence-electron chi connectivity index (χ4n) is 5.25. The number of hydrogen-bond donors (Lipinski definition) is 0. The third-order valence-corrected chi connectivity index (χ3v) is 7.74. The van der Waals surface area contributed by atoms with Crippen LogP contribution < -0.4 is 14.9 Å². The Morgan fingerprint density at radius 3 is 2.40 bits per heavy atom. The first kappa shape index (κ1) is 27.5. The highest BCUT2D eigenvalue weighted by atomic mass is 35.5. The molecular weight excluding hydrogens is 557 g/mol. The van der Waals surface area contributed by atoms with E-state index in [1.54, 1.807) is 48.2 Å². The predicted molar refractivity (Wildman–Crippen MR) is 159 cm³/mol. The summed E-state index contributed by atoms with van der Waals surface area (Å²) in [6, 6.07) is 23.5. The largest absolute Gasteiger partial charge is 0.490 e. The minimum Gasteiger partial charge on any atom is -0.490 e. The fraction of sp³-hybridized carbons (Fsp3) is 0.176. The number of nitrogens with zero attached hydrogens (tertiary/aromatic N) is 1. The van der Waals surface area contributed by atoms with Crippen molar-refractivity contribution in [3.05, 3.63) is 140 Å². The number of aryl methyl sites for hydroxylation is 1.